The van der Waals surface area contributed by atoms with Gasteiger partial charge in [-0.15, -0.1) is 0 Å². The van der Waals surface area contributed by atoms with Gasteiger partial charge < -0.3 is 9.26 Å². The molecule has 0 radical (unpaired) electrons. The van der Waals surface area contributed by atoms with Crippen LogP contribution in [-0.2, 0) is 10.2 Å². The predicted octanol–water partition coefficient (Wildman–Crippen LogP) is 1.93. The topological polar surface area (TPSA) is 65.2 Å². The summed E-state index contributed by atoms with van der Waals surface area (Å²) in [6, 6.07) is 0. The SMILES string of the molecule is CCOC(=O)c1noc(C2(C(C)C)CC2)n1. The Morgan fingerprint density at radius 3 is 2.75 bits per heavy atom. The van der Waals surface area contributed by atoms with Gasteiger partial charge in [-0.05, 0) is 30.8 Å². The summed E-state index contributed by atoms with van der Waals surface area (Å²) >= 11 is 0. The molecule has 1 saturated carbocycles. The molecule has 0 unspecified atom stereocenters. The van der Waals surface area contributed by atoms with Crippen molar-refractivity contribution in [3.05, 3.63) is 11.7 Å². The number of carbonyl (C=O) groups is 1. The van der Waals surface area contributed by atoms with Crippen LogP contribution in [0.4, 0.5) is 0 Å². The molecule has 0 atom stereocenters. The van der Waals surface area contributed by atoms with E-state index < -0.39 is 5.97 Å². The van der Waals surface area contributed by atoms with Gasteiger partial charge in [0, 0.05) is 0 Å². The molecule has 0 aliphatic heterocycles. The Morgan fingerprint density at radius 2 is 2.25 bits per heavy atom. The maximum atomic E-state index is 11.4. The molecule has 16 heavy (non-hydrogen) atoms. The first-order chi connectivity index (χ1) is 7.60. The van der Waals surface area contributed by atoms with E-state index in [1.165, 1.54) is 0 Å². The zero-order valence-electron chi connectivity index (χ0n) is 9.82. The number of esters is 1. The van der Waals surface area contributed by atoms with E-state index in [4.69, 9.17) is 9.26 Å². The van der Waals surface area contributed by atoms with Gasteiger partial charge in [0.15, 0.2) is 0 Å². The third-order valence-electron chi connectivity index (χ3n) is 3.20. The lowest BCUT2D eigenvalue weighted by molar-refractivity contribution is 0.0508. The molecular weight excluding hydrogens is 208 g/mol. The number of hydrogen-bond acceptors (Lipinski definition) is 5. The van der Waals surface area contributed by atoms with Crippen molar-refractivity contribution in [3.63, 3.8) is 0 Å². The van der Waals surface area contributed by atoms with E-state index in [1.807, 2.05) is 0 Å². The third-order valence-corrected chi connectivity index (χ3v) is 3.20. The first-order valence-corrected chi connectivity index (χ1v) is 5.61. The van der Waals surface area contributed by atoms with Crippen molar-refractivity contribution in [3.8, 4) is 0 Å². The van der Waals surface area contributed by atoms with E-state index in [2.05, 4.69) is 24.0 Å². The molecular formula is C11H16N2O3. The predicted molar refractivity (Wildman–Crippen MR) is 56.0 cm³/mol. The zero-order chi connectivity index (χ0) is 11.8. The fourth-order valence-electron chi connectivity index (χ4n) is 1.88. The fourth-order valence-corrected chi connectivity index (χ4v) is 1.88. The highest BCUT2D eigenvalue weighted by Gasteiger charge is 2.52. The van der Waals surface area contributed by atoms with Gasteiger partial charge in [0.05, 0.1) is 12.0 Å². The van der Waals surface area contributed by atoms with Gasteiger partial charge in [0.25, 0.3) is 5.82 Å². The average Bonchev–Trinajstić information content (AvgIpc) is 2.91. The van der Waals surface area contributed by atoms with Crippen LogP contribution in [0, 0.1) is 5.92 Å². The normalized spacial score (nSPS) is 17.5. The summed E-state index contributed by atoms with van der Waals surface area (Å²) in [7, 11) is 0. The first-order valence-electron chi connectivity index (χ1n) is 5.61. The Hall–Kier alpha value is -1.39. The van der Waals surface area contributed by atoms with Crippen LogP contribution >= 0.6 is 0 Å². The Kier molecular flexibility index (Phi) is 2.69. The molecule has 0 spiro atoms. The van der Waals surface area contributed by atoms with Crippen molar-refractivity contribution in [1.29, 1.82) is 0 Å². The quantitative estimate of drug-likeness (QED) is 0.731. The number of carbonyl (C=O) groups excluding carboxylic acids is 1. The van der Waals surface area contributed by atoms with Gasteiger partial charge in [-0.25, -0.2) is 4.79 Å². The van der Waals surface area contributed by atoms with Gasteiger partial charge in [-0.2, -0.15) is 4.98 Å². The van der Waals surface area contributed by atoms with Crippen LogP contribution in [0.5, 0.6) is 0 Å². The maximum Gasteiger partial charge on any atom is 0.379 e. The van der Waals surface area contributed by atoms with Crippen molar-refractivity contribution < 1.29 is 14.1 Å². The maximum absolute atomic E-state index is 11.4. The van der Waals surface area contributed by atoms with Crippen LogP contribution in [0.15, 0.2) is 4.52 Å². The number of aromatic nitrogens is 2. The highest BCUT2D eigenvalue weighted by atomic mass is 16.5. The molecule has 0 N–H and O–H groups in total. The largest absolute Gasteiger partial charge is 0.460 e. The second-order valence-electron chi connectivity index (χ2n) is 4.45. The lowest BCUT2D eigenvalue weighted by atomic mass is 9.92. The standard InChI is InChI=1S/C11H16N2O3/c1-4-15-9(14)8-12-10(16-13-8)11(5-6-11)7(2)3/h7H,4-6H2,1-3H3. The summed E-state index contributed by atoms with van der Waals surface area (Å²) in [5, 5.41) is 3.66. The van der Waals surface area contributed by atoms with E-state index in [0.717, 1.165) is 12.8 Å². The van der Waals surface area contributed by atoms with Crippen molar-refractivity contribution in [1.82, 2.24) is 10.1 Å². The van der Waals surface area contributed by atoms with E-state index in [9.17, 15) is 4.79 Å². The summed E-state index contributed by atoms with van der Waals surface area (Å²) in [5.74, 6) is 0.536. The molecule has 0 bridgehead atoms. The van der Waals surface area contributed by atoms with Gasteiger partial charge in [0.1, 0.15) is 0 Å². The molecule has 1 aliphatic rings. The van der Waals surface area contributed by atoms with Crippen LogP contribution in [0.2, 0.25) is 0 Å². The molecule has 1 aromatic rings. The highest BCUT2D eigenvalue weighted by Crippen LogP contribution is 2.52. The Labute approximate surface area is 94.2 Å². The Morgan fingerprint density at radius 1 is 1.56 bits per heavy atom. The fraction of sp³-hybridized carbons (Fsp3) is 0.727. The zero-order valence-corrected chi connectivity index (χ0v) is 9.82. The molecule has 2 rings (SSSR count). The van der Waals surface area contributed by atoms with Crippen LogP contribution in [0.1, 0.15) is 50.1 Å². The average molecular weight is 224 g/mol. The minimum atomic E-state index is -0.517. The monoisotopic (exact) mass is 224 g/mol. The summed E-state index contributed by atoms with van der Waals surface area (Å²) in [6.45, 7) is 6.32. The molecule has 0 amide bonds. The minimum absolute atomic E-state index is 0.00224. The molecule has 0 saturated heterocycles. The van der Waals surface area contributed by atoms with Gasteiger partial charge in [0.2, 0.25) is 5.89 Å². The number of rotatable bonds is 4. The molecule has 1 heterocycles. The smallest absolute Gasteiger partial charge is 0.379 e. The highest BCUT2D eigenvalue weighted by molar-refractivity contribution is 5.84. The summed E-state index contributed by atoms with van der Waals surface area (Å²) < 4.78 is 9.97. The molecule has 1 aliphatic carbocycles. The lowest BCUT2D eigenvalue weighted by Crippen LogP contribution is -2.15. The van der Waals surface area contributed by atoms with Gasteiger partial charge in [-0.3, -0.25) is 0 Å². The molecule has 1 fully saturated rings. The second kappa shape index (κ2) is 3.88. The summed E-state index contributed by atoms with van der Waals surface area (Å²) in [4.78, 5) is 15.5. The molecule has 5 nitrogen and oxygen atoms in total. The Bertz CT molecular complexity index is 394. The minimum Gasteiger partial charge on any atom is -0.460 e. The summed E-state index contributed by atoms with van der Waals surface area (Å²) in [6.07, 6.45) is 2.10. The van der Waals surface area contributed by atoms with E-state index in [-0.39, 0.29) is 11.2 Å². The van der Waals surface area contributed by atoms with Gasteiger partial charge >= 0.3 is 5.97 Å². The third kappa shape index (κ3) is 1.70. The second-order valence-corrected chi connectivity index (χ2v) is 4.45. The van der Waals surface area contributed by atoms with Crippen molar-refractivity contribution in [2.45, 2.75) is 39.0 Å². The molecule has 0 aromatic carbocycles. The first kappa shape index (κ1) is 11.1. The van der Waals surface area contributed by atoms with E-state index in [0.29, 0.717) is 18.4 Å². The Balaban J connectivity index is 2.17. The van der Waals surface area contributed by atoms with Crippen LogP contribution in [0.3, 0.4) is 0 Å². The number of nitrogens with zero attached hydrogens (tertiary/aromatic N) is 2. The van der Waals surface area contributed by atoms with Crippen molar-refractivity contribution >= 4 is 5.97 Å². The number of ether oxygens (including phenoxy) is 1. The molecule has 88 valence electrons. The molecule has 1 aromatic heterocycles. The van der Waals surface area contributed by atoms with Gasteiger partial charge in [-0.1, -0.05) is 13.8 Å². The van der Waals surface area contributed by atoms with Crippen LogP contribution in [-0.4, -0.2) is 22.7 Å². The van der Waals surface area contributed by atoms with Crippen LogP contribution < -0.4 is 0 Å². The van der Waals surface area contributed by atoms with E-state index >= 15 is 0 Å². The lowest BCUT2D eigenvalue weighted by Gasteiger charge is -2.13. The molecule has 5 heteroatoms. The van der Waals surface area contributed by atoms with Crippen molar-refractivity contribution in [2.24, 2.45) is 5.92 Å². The van der Waals surface area contributed by atoms with E-state index in [1.54, 1.807) is 6.92 Å². The van der Waals surface area contributed by atoms with Crippen molar-refractivity contribution in [2.75, 3.05) is 6.61 Å². The number of hydrogen-bond donors (Lipinski definition) is 0. The summed E-state index contributed by atoms with van der Waals surface area (Å²) in [5.41, 5.74) is -0.00224. The van der Waals surface area contributed by atoms with Crippen LogP contribution in [0.25, 0.3) is 0 Å².